The third-order valence-electron chi connectivity index (χ3n) is 6.29. The molecule has 1 aliphatic heterocycles. The molecule has 0 aliphatic carbocycles. The second kappa shape index (κ2) is 8.95. The maximum absolute atomic E-state index is 14.0. The summed E-state index contributed by atoms with van der Waals surface area (Å²) in [6.45, 7) is 3.69. The largest absolute Gasteiger partial charge is 0.387 e. The summed E-state index contributed by atoms with van der Waals surface area (Å²) in [7, 11) is -3.80. The number of likely N-dealkylation sites (tertiary alicyclic amines) is 1. The van der Waals surface area contributed by atoms with Gasteiger partial charge in [-0.15, -0.1) is 0 Å². The molecule has 31 heavy (non-hydrogen) atoms. The zero-order valence-electron chi connectivity index (χ0n) is 17.8. The van der Waals surface area contributed by atoms with Gasteiger partial charge in [-0.25, -0.2) is 8.42 Å². The van der Waals surface area contributed by atoms with Crippen molar-refractivity contribution in [3.05, 3.63) is 102 Å². The molecular formula is C26H29NO3S. The van der Waals surface area contributed by atoms with E-state index in [1.54, 1.807) is 12.1 Å². The van der Waals surface area contributed by atoms with Crippen molar-refractivity contribution in [2.75, 3.05) is 13.1 Å². The molecule has 0 aromatic heterocycles. The Balaban J connectivity index is 1.76. The number of aliphatic hydroxyl groups is 1. The van der Waals surface area contributed by atoms with E-state index in [2.05, 4.69) is 17.0 Å². The first kappa shape index (κ1) is 21.8. The summed E-state index contributed by atoms with van der Waals surface area (Å²) >= 11 is 0. The Bertz CT molecular complexity index is 1100. The van der Waals surface area contributed by atoms with Crippen molar-refractivity contribution in [2.45, 2.75) is 42.1 Å². The van der Waals surface area contributed by atoms with E-state index in [4.69, 9.17) is 0 Å². The van der Waals surface area contributed by atoms with Crippen LogP contribution in [-0.2, 0) is 16.4 Å². The van der Waals surface area contributed by atoms with Gasteiger partial charge in [-0.05, 0) is 49.6 Å². The molecule has 4 nitrogen and oxygen atoms in total. The fourth-order valence-corrected chi connectivity index (χ4v) is 6.76. The molecule has 0 bridgehead atoms. The van der Waals surface area contributed by atoms with Crippen LogP contribution in [0.15, 0.2) is 89.8 Å². The Morgan fingerprint density at radius 1 is 0.935 bits per heavy atom. The maximum Gasteiger partial charge on any atom is 0.188 e. The lowest BCUT2D eigenvalue weighted by atomic mass is 9.87. The van der Waals surface area contributed by atoms with Crippen molar-refractivity contribution in [3.8, 4) is 0 Å². The van der Waals surface area contributed by atoms with Crippen LogP contribution in [0.3, 0.4) is 0 Å². The topological polar surface area (TPSA) is 57.6 Å². The Kier molecular flexibility index (Phi) is 6.28. The van der Waals surface area contributed by atoms with E-state index >= 15 is 0 Å². The molecule has 0 radical (unpaired) electrons. The van der Waals surface area contributed by atoms with Gasteiger partial charge >= 0.3 is 0 Å². The van der Waals surface area contributed by atoms with Crippen LogP contribution in [0.25, 0.3) is 0 Å². The highest BCUT2D eigenvalue weighted by atomic mass is 32.2. The highest BCUT2D eigenvalue weighted by Crippen LogP contribution is 2.43. The van der Waals surface area contributed by atoms with Crippen molar-refractivity contribution < 1.29 is 13.5 Å². The first-order chi connectivity index (χ1) is 14.9. The van der Waals surface area contributed by atoms with E-state index in [0.29, 0.717) is 24.9 Å². The predicted molar refractivity (Wildman–Crippen MR) is 123 cm³/mol. The molecule has 0 amide bonds. The fraction of sp³-hybridized carbons (Fsp3) is 0.308. The standard InChI is InChI=1S/C26H29NO3S/c1-21-13-15-24(16-14-21)31(29,30)26(25(28)23-11-6-3-7-12-23)17-8-18-27(20-26)19-22-9-4-2-5-10-22/h2-7,9-16,25,28H,8,17-20H2,1H3/t25?,26-/m0/s1. The number of sulfone groups is 1. The summed E-state index contributed by atoms with van der Waals surface area (Å²) in [6.07, 6.45) is 0.0189. The maximum atomic E-state index is 14.0. The fourth-order valence-electron chi connectivity index (χ4n) is 4.60. The number of aryl methyl sites for hydroxylation is 1. The minimum atomic E-state index is -3.80. The number of piperidine rings is 1. The van der Waals surface area contributed by atoms with Gasteiger partial charge < -0.3 is 5.11 Å². The summed E-state index contributed by atoms with van der Waals surface area (Å²) in [4.78, 5) is 2.44. The molecule has 1 fully saturated rings. The van der Waals surface area contributed by atoms with Gasteiger partial charge in [0.1, 0.15) is 10.9 Å². The summed E-state index contributed by atoms with van der Waals surface area (Å²) in [5.41, 5.74) is 2.78. The molecule has 0 saturated carbocycles. The lowest BCUT2D eigenvalue weighted by Crippen LogP contribution is -2.56. The first-order valence-corrected chi connectivity index (χ1v) is 12.2. The molecule has 2 atom stereocenters. The normalized spacial score (nSPS) is 21.0. The third kappa shape index (κ3) is 4.31. The lowest BCUT2D eigenvalue weighted by Gasteiger charge is -2.45. The van der Waals surface area contributed by atoms with Crippen LogP contribution in [0, 0.1) is 6.92 Å². The number of benzene rings is 3. The van der Waals surface area contributed by atoms with Crippen molar-refractivity contribution in [1.29, 1.82) is 0 Å². The number of hydrogen-bond donors (Lipinski definition) is 1. The first-order valence-electron chi connectivity index (χ1n) is 10.7. The molecule has 3 aromatic carbocycles. The number of nitrogens with zero attached hydrogens (tertiary/aromatic N) is 1. The van der Waals surface area contributed by atoms with Crippen LogP contribution in [0.1, 0.15) is 35.6 Å². The molecule has 4 rings (SSSR count). The molecular weight excluding hydrogens is 406 g/mol. The Morgan fingerprint density at radius 3 is 2.19 bits per heavy atom. The molecule has 0 spiro atoms. The van der Waals surface area contributed by atoms with Crippen LogP contribution in [0.5, 0.6) is 0 Å². The molecule has 162 valence electrons. The molecule has 1 aliphatic rings. The minimum Gasteiger partial charge on any atom is -0.387 e. The average molecular weight is 436 g/mol. The van der Waals surface area contributed by atoms with Crippen molar-refractivity contribution in [1.82, 2.24) is 4.90 Å². The van der Waals surface area contributed by atoms with Gasteiger partial charge in [-0.2, -0.15) is 0 Å². The van der Waals surface area contributed by atoms with Crippen molar-refractivity contribution >= 4 is 9.84 Å². The van der Waals surface area contributed by atoms with E-state index < -0.39 is 20.7 Å². The molecule has 1 N–H and O–H groups in total. The molecule has 1 heterocycles. The van der Waals surface area contributed by atoms with Gasteiger partial charge in [0.15, 0.2) is 9.84 Å². The SMILES string of the molecule is Cc1ccc(S(=O)(=O)[C@@]2(C(O)c3ccccc3)CCCN(Cc3ccccc3)C2)cc1. The molecule has 3 aromatic rings. The van der Waals surface area contributed by atoms with Gasteiger partial charge in [0.25, 0.3) is 0 Å². The van der Waals surface area contributed by atoms with Crippen molar-refractivity contribution in [3.63, 3.8) is 0 Å². The van der Waals surface area contributed by atoms with Gasteiger partial charge in [0.2, 0.25) is 0 Å². The molecule has 1 unspecified atom stereocenters. The van der Waals surface area contributed by atoms with E-state index in [0.717, 1.165) is 17.7 Å². The minimum absolute atomic E-state index is 0.273. The third-order valence-corrected chi connectivity index (χ3v) is 8.81. The van der Waals surface area contributed by atoms with Crippen LogP contribution in [0.2, 0.25) is 0 Å². The smallest absolute Gasteiger partial charge is 0.188 e. The Labute approximate surface area is 185 Å². The number of aliphatic hydroxyl groups excluding tert-OH is 1. The highest BCUT2D eigenvalue weighted by Gasteiger charge is 2.53. The highest BCUT2D eigenvalue weighted by molar-refractivity contribution is 7.93. The second-order valence-electron chi connectivity index (χ2n) is 8.49. The summed E-state index contributed by atoms with van der Waals surface area (Å²) in [5.74, 6) is 0. The average Bonchev–Trinajstić information content (AvgIpc) is 2.80. The Hall–Kier alpha value is -2.47. The summed E-state index contributed by atoms with van der Waals surface area (Å²) < 4.78 is 26.8. The predicted octanol–water partition coefficient (Wildman–Crippen LogP) is 4.54. The van der Waals surface area contributed by atoms with Crippen LogP contribution in [0.4, 0.5) is 0 Å². The van der Waals surface area contributed by atoms with Gasteiger partial charge in [-0.1, -0.05) is 78.4 Å². The molecule has 5 heteroatoms. The molecule has 1 saturated heterocycles. The Morgan fingerprint density at radius 2 is 1.55 bits per heavy atom. The van der Waals surface area contributed by atoms with Crippen LogP contribution in [-0.4, -0.2) is 36.3 Å². The van der Waals surface area contributed by atoms with E-state index in [1.165, 1.54) is 0 Å². The van der Waals surface area contributed by atoms with Crippen LogP contribution < -0.4 is 0 Å². The second-order valence-corrected chi connectivity index (χ2v) is 10.8. The van der Waals surface area contributed by atoms with Crippen LogP contribution >= 0.6 is 0 Å². The zero-order chi connectivity index (χ0) is 21.9. The van der Waals surface area contributed by atoms with Crippen molar-refractivity contribution in [2.24, 2.45) is 0 Å². The monoisotopic (exact) mass is 435 g/mol. The lowest BCUT2D eigenvalue weighted by molar-refractivity contribution is 0.0640. The number of hydrogen-bond acceptors (Lipinski definition) is 4. The summed E-state index contributed by atoms with van der Waals surface area (Å²) in [5, 5.41) is 11.5. The van der Waals surface area contributed by atoms with Gasteiger partial charge in [-0.3, -0.25) is 4.90 Å². The van der Waals surface area contributed by atoms with Gasteiger partial charge in [0, 0.05) is 13.1 Å². The summed E-state index contributed by atoms with van der Waals surface area (Å²) in [6, 6.07) is 26.2. The van der Waals surface area contributed by atoms with Gasteiger partial charge in [0.05, 0.1) is 4.90 Å². The quantitative estimate of drug-likeness (QED) is 0.618. The zero-order valence-corrected chi connectivity index (χ0v) is 18.6. The van der Waals surface area contributed by atoms with E-state index in [-0.39, 0.29) is 11.4 Å². The van der Waals surface area contributed by atoms with E-state index in [9.17, 15) is 13.5 Å². The number of rotatable bonds is 6. The van der Waals surface area contributed by atoms with E-state index in [1.807, 2.05) is 67.6 Å².